The molecule has 0 radical (unpaired) electrons. The van der Waals surface area contributed by atoms with Gasteiger partial charge in [-0.2, -0.15) is 0 Å². The molecule has 1 aromatic carbocycles. The summed E-state index contributed by atoms with van der Waals surface area (Å²) in [7, 11) is 0. The zero-order valence-electron chi connectivity index (χ0n) is 10.9. The SMILES string of the molecule is Cc1nccn1CCOc1ccc2c(c1)OCC2N. The largest absolute Gasteiger partial charge is 0.492 e. The highest BCUT2D eigenvalue weighted by Gasteiger charge is 2.20. The number of ether oxygens (including phenoxy) is 2. The third-order valence-corrected chi connectivity index (χ3v) is 3.33. The number of nitrogens with two attached hydrogens (primary N) is 1. The Balaban J connectivity index is 1.60. The third kappa shape index (κ3) is 2.42. The first-order valence-corrected chi connectivity index (χ1v) is 6.37. The van der Waals surface area contributed by atoms with Gasteiger partial charge < -0.3 is 19.8 Å². The highest BCUT2D eigenvalue weighted by molar-refractivity contribution is 5.44. The second-order valence-corrected chi connectivity index (χ2v) is 4.63. The van der Waals surface area contributed by atoms with Crippen molar-refractivity contribution in [1.82, 2.24) is 9.55 Å². The predicted molar refractivity (Wildman–Crippen MR) is 71.3 cm³/mol. The summed E-state index contributed by atoms with van der Waals surface area (Å²) >= 11 is 0. The highest BCUT2D eigenvalue weighted by atomic mass is 16.5. The average Bonchev–Trinajstić information content (AvgIpc) is 2.97. The molecule has 0 fully saturated rings. The van der Waals surface area contributed by atoms with E-state index in [-0.39, 0.29) is 6.04 Å². The first kappa shape index (κ1) is 12.0. The molecule has 0 saturated carbocycles. The molecular formula is C14H17N3O2. The maximum absolute atomic E-state index is 5.90. The lowest BCUT2D eigenvalue weighted by Crippen LogP contribution is -2.10. The van der Waals surface area contributed by atoms with E-state index in [4.69, 9.17) is 15.2 Å². The molecule has 0 bridgehead atoms. The second-order valence-electron chi connectivity index (χ2n) is 4.63. The molecule has 0 spiro atoms. The summed E-state index contributed by atoms with van der Waals surface area (Å²) in [6, 6.07) is 5.81. The van der Waals surface area contributed by atoms with Crippen LogP contribution in [0.25, 0.3) is 0 Å². The molecule has 100 valence electrons. The monoisotopic (exact) mass is 259 g/mol. The van der Waals surface area contributed by atoms with E-state index in [1.165, 1.54) is 0 Å². The van der Waals surface area contributed by atoms with Crippen molar-refractivity contribution in [2.75, 3.05) is 13.2 Å². The van der Waals surface area contributed by atoms with E-state index >= 15 is 0 Å². The molecule has 1 aliphatic rings. The molecule has 2 heterocycles. The Morgan fingerprint density at radius 1 is 1.53 bits per heavy atom. The van der Waals surface area contributed by atoms with Crippen molar-refractivity contribution in [3.8, 4) is 11.5 Å². The van der Waals surface area contributed by atoms with Crippen LogP contribution in [0.5, 0.6) is 11.5 Å². The van der Waals surface area contributed by atoms with E-state index in [0.717, 1.165) is 29.4 Å². The van der Waals surface area contributed by atoms with E-state index in [1.807, 2.05) is 31.3 Å². The van der Waals surface area contributed by atoms with E-state index < -0.39 is 0 Å². The van der Waals surface area contributed by atoms with Gasteiger partial charge in [0.15, 0.2) is 0 Å². The zero-order valence-corrected chi connectivity index (χ0v) is 10.9. The number of hydrogen-bond acceptors (Lipinski definition) is 4. The topological polar surface area (TPSA) is 62.3 Å². The second kappa shape index (κ2) is 4.93. The Morgan fingerprint density at radius 2 is 2.42 bits per heavy atom. The zero-order chi connectivity index (χ0) is 13.2. The van der Waals surface area contributed by atoms with Gasteiger partial charge in [0, 0.05) is 24.0 Å². The fourth-order valence-corrected chi connectivity index (χ4v) is 2.21. The lowest BCUT2D eigenvalue weighted by Gasteiger charge is -2.09. The van der Waals surface area contributed by atoms with Crippen LogP contribution in [0.3, 0.4) is 0 Å². The number of benzene rings is 1. The number of aromatic nitrogens is 2. The molecule has 5 heteroatoms. The normalized spacial score (nSPS) is 17.1. The molecule has 5 nitrogen and oxygen atoms in total. The quantitative estimate of drug-likeness (QED) is 0.907. The fourth-order valence-electron chi connectivity index (χ4n) is 2.21. The molecule has 0 saturated heterocycles. The van der Waals surface area contributed by atoms with Gasteiger partial charge in [-0.1, -0.05) is 0 Å². The third-order valence-electron chi connectivity index (χ3n) is 3.33. The molecule has 1 unspecified atom stereocenters. The van der Waals surface area contributed by atoms with Crippen LogP contribution in [0.1, 0.15) is 17.4 Å². The van der Waals surface area contributed by atoms with Crippen molar-refractivity contribution < 1.29 is 9.47 Å². The van der Waals surface area contributed by atoms with Crippen LogP contribution in [0.2, 0.25) is 0 Å². The van der Waals surface area contributed by atoms with Crippen LogP contribution in [0.15, 0.2) is 30.6 Å². The number of nitrogens with zero attached hydrogens (tertiary/aromatic N) is 2. The van der Waals surface area contributed by atoms with Crippen LogP contribution in [0.4, 0.5) is 0 Å². The number of rotatable bonds is 4. The first-order valence-electron chi connectivity index (χ1n) is 6.37. The van der Waals surface area contributed by atoms with Crippen LogP contribution >= 0.6 is 0 Å². The van der Waals surface area contributed by atoms with Gasteiger partial charge in [-0.25, -0.2) is 4.98 Å². The molecule has 1 atom stereocenters. The average molecular weight is 259 g/mol. The van der Waals surface area contributed by atoms with Gasteiger partial charge in [0.2, 0.25) is 0 Å². The number of hydrogen-bond donors (Lipinski definition) is 1. The minimum atomic E-state index is -0.0161. The minimum Gasteiger partial charge on any atom is -0.492 e. The molecule has 19 heavy (non-hydrogen) atoms. The number of aryl methyl sites for hydroxylation is 1. The highest BCUT2D eigenvalue weighted by Crippen LogP contribution is 2.33. The van der Waals surface area contributed by atoms with Crippen molar-refractivity contribution in [3.05, 3.63) is 42.0 Å². The van der Waals surface area contributed by atoms with Crippen molar-refractivity contribution in [3.63, 3.8) is 0 Å². The molecule has 2 N–H and O–H groups in total. The van der Waals surface area contributed by atoms with Crippen LogP contribution in [0, 0.1) is 6.92 Å². The van der Waals surface area contributed by atoms with Gasteiger partial charge in [0.1, 0.15) is 30.5 Å². The predicted octanol–water partition coefficient (Wildman–Crippen LogP) is 1.66. The van der Waals surface area contributed by atoms with Gasteiger partial charge in [-0.05, 0) is 19.1 Å². The van der Waals surface area contributed by atoms with Crippen molar-refractivity contribution in [2.45, 2.75) is 19.5 Å². The molecule has 2 aromatic rings. The molecular weight excluding hydrogens is 242 g/mol. The van der Waals surface area contributed by atoms with Crippen molar-refractivity contribution in [1.29, 1.82) is 0 Å². The van der Waals surface area contributed by atoms with Crippen LogP contribution in [-0.2, 0) is 6.54 Å². The summed E-state index contributed by atoms with van der Waals surface area (Å²) in [5.41, 5.74) is 6.95. The Hall–Kier alpha value is -2.01. The Bertz CT molecular complexity index is 580. The summed E-state index contributed by atoms with van der Waals surface area (Å²) < 4.78 is 13.3. The summed E-state index contributed by atoms with van der Waals surface area (Å²) in [5.74, 6) is 2.64. The van der Waals surface area contributed by atoms with Crippen molar-refractivity contribution >= 4 is 0 Å². The van der Waals surface area contributed by atoms with Gasteiger partial charge in [-0.3, -0.25) is 0 Å². The van der Waals surface area contributed by atoms with Crippen LogP contribution in [-0.4, -0.2) is 22.8 Å². The minimum absolute atomic E-state index is 0.0161. The number of imidazole rings is 1. The summed E-state index contributed by atoms with van der Waals surface area (Å²) in [6.07, 6.45) is 3.74. The van der Waals surface area contributed by atoms with E-state index in [0.29, 0.717) is 13.2 Å². The van der Waals surface area contributed by atoms with Gasteiger partial charge in [-0.15, -0.1) is 0 Å². The van der Waals surface area contributed by atoms with E-state index in [1.54, 1.807) is 6.20 Å². The first-order chi connectivity index (χ1) is 9.24. The lowest BCUT2D eigenvalue weighted by molar-refractivity contribution is 0.293. The standard InChI is InChI=1S/C14H17N3O2/c1-10-16-4-5-17(10)6-7-18-11-2-3-12-13(15)9-19-14(12)8-11/h2-5,8,13H,6-7,9,15H2,1H3. The molecule has 3 rings (SSSR count). The Kier molecular flexibility index (Phi) is 3.13. The van der Waals surface area contributed by atoms with E-state index in [9.17, 15) is 0 Å². The van der Waals surface area contributed by atoms with Gasteiger partial charge in [0.05, 0.1) is 12.6 Å². The summed E-state index contributed by atoms with van der Waals surface area (Å²) in [5, 5.41) is 0. The molecule has 0 amide bonds. The van der Waals surface area contributed by atoms with Gasteiger partial charge >= 0.3 is 0 Å². The molecule has 1 aliphatic heterocycles. The summed E-state index contributed by atoms with van der Waals surface area (Å²) in [4.78, 5) is 4.17. The smallest absolute Gasteiger partial charge is 0.127 e. The molecule has 1 aromatic heterocycles. The maximum Gasteiger partial charge on any atom is 0.127 e. The van der Waals surface area contributed by atoms with Crippen LogP contribution < -0.4 is 15.2 Å². The summed E-state index contributed by atoms with van der Waals surface area (Å²) in [6.45, 7) is 3.91. The van der Waals surface area contributed by atoms with E-state index in [2.05, 4.69) is 9.55 Å². The van der Waals surface area contributed by atoms with Crippen molar-refractivity contribution in [2.24, 2.45) is 5.73 Å². The number of fused-ring (bicyclic) bond motifs is 1. The Labute approximate surface area is 112 Å². The maximum atomic E-state index is 5.90. The Morgan fingerprint density at radius 3 is 3.21 bits per heavy atom. The lowest BCUT2D eigenvalue weighted by atomic mass is 10.1. The fraction of sp³-hybridized carbons (Fsp3) is 0.357. The van der Waals surface area contributed by atoms with Gasteiger partial charge in [0.25, 0.3) is 0 Å². The molecule has 0 aliphatic carbocycles.